The van der Waals surface area contributed by atoms with Gasteiger partial charge in [0.1, 0.15) is 5.76 Å². The minimum absolute atomic E-state index is 0.161. The highest BCUT2D eigenvalue weighted by molar-refractivity contribution is 5.81. The van der Waals surface area contributed by atoms with Crippen LogP contribution in [0.5, 0.6) is 0 Å². The summed E-state index contributed by atoms with van der Waals surface area (Å²) in [5.74, 6) is 1.41. The molecular formula is C11H15NO2. The summed E-state index contributed by atoms with van der Waals surface area (Å²) in [5.41, 5.74) is 0. The molecule has 1 aliphatic rings. The van der Waals surface area contributed by atoms with Crippen LogP contribution in [-0.2, 0) is 11.2 Å². The van der Waals surface area contributed by atoms with Crippen LogP contribution in [0.1, 0.15) is 25.5 Å². The zero-order valence-electron chi connectivity index (χ0n) is 8.32. The van der Waals surface area contributed by atoms with Crippen LogP contribution in [0.15, 0.2) is 22.8 Å². The number of carbonyl (C=O) groups excluding carboxylic acids is 1. The van der Waals surface area contributed by atoms with Gasteiger partial charge in [0.2, 0.25) is 5.91 Å². The molecule has 0 aliphatic heterocycles. The Kier molecular flexibility index (Phi) is 2.57. The molecule has 2 rings (SSSR count). The quantitative estimate of drug-likeness (QED) is 0.791. The average molecular weight is 193 g/mol. The molecule has 0 unspecified atom stereocenters. The molecule has 1 saturated carbocycles. The van der Waals surface area contributed by atoms with E-state index in [4.69, 9.17) is 4.42 Å². The summed E-state index contributed by atoms with van der Waals surface area (Å²) in [6.07, 6.45) is 4.54. The van der Waals surface area contributed by atoms with Crippen LogP contribution in [0.25, 0.3) is 0 Å². The maximum atomic E-state index is 11.4. The lowest BCUT2D eigenvalue weighted by Crippen LogP contribution is -2.34. The topological polar surface area (TPSA) is 42.2 Å². The van der Waals surface area contributed by atoms with Gasteiger partial charge < -0.3 is 9.73 Å². The van der Waals surface area contributed by atoms with Crippen molar-refractivity contribution in [2.45, 2.75) is 32.2 Å². The lowest BCUT2D eigenvalue weighted by molar-refractivity contribution is -0.122. The second-order valence-electron chi connectivity index (χ2n) is 3.97. The monoisotopic (exact) mass is 193 g/mol. The fraction of sp³-hybridized carbons (Fsp3) is 0.545. The third-order valence-electron chi connectivity index (χ3n) is 2.42. The van der Waals surface area contributed by atoms with Gasteiger partial charge in [-0.3, -0.25) is 4.79 Å². The van der Waals surface area contributed by atoms with E-state index in [9.17, 15) is 4.79 Å². The number of nitrogens with one attached hydrogen (secondary N) is 1. The van der Waals surface area contributed by atoms with Crippen LogP contribution in [-0.4, -0.2) is 11.9 Å². The molecule has 0 saturated heterocycles. The van der Waals surface area contributed by atoms with Gasteiger partial charge in [0.15, 0.2) is 0 Å². The third kappa shape index (κ3) is 2.37. The van der Waals surface area contributed by atoms with Crippen molar-refractivity contribution >= 4 is 5.91 Å². The first-order valence-electron chi connectivity index (χ1n) is 5.08. The Morgan fingerprint density at radius 1 is 1.71 bits per heavy atom. The fourth-order valence-electron chi connectivity index (χ4n) is 1.49. The van der Waals surface area contributed by atoms with E-state index < -0.39 is 0 Å². The first-order chi connectivity index (χ1) is 6.75. The van der Waals surface area contributed by atoms with E-state index in [1.165, 1.54) is 0 Å². The van der Waals surface area contributed by atoms with Gasteiger partial charge in [0, 0.05) is 18.4 Å². The number of hydrogen-bond donors (Lipinski definition) is 1. The largest absolute Gasteiger partial charge is 0.469 e. The Morgan fingerprint density at radius 3 is 3.07 bits per heavy atom. The number of furan rings is 1. The second-order valence-corrected chi connectivity index (χ2v) is 3.97. The van der Waals surface area contributed by atoms with Crippen LogP contribution in [0.3, 0.4) is 0 Å². The molecule has 1 aliphatic carbocycles. The summed E-state index contributed by atoms with van der Waals surface area (Å²) in [6.45, 7) is 2.00. The minimum atomic E-state index is 0.161. The highest BCUT2D eigenvalue weighted by atomic mass is 16.3. The molecule has 1 amide bonds. The number of hydrogen-bond acceptors (Lipinski definition) is 2. The molecule has 1 aromatic rings. The van der Waals surface area contributed by atoms with Gasteiger partial charge in [-0.05, 0) is 31.9 Å². The predicted molar refractivity (Wildman–Crippen MR) is 52.7 cm³/mol. The van der Waals surface area contributed by atoms with Crippen LogP contribution in [0, 0.1) is 5.92 Å². The predicted octanol–water partition coefficient (Wildman–Crippen LogP) is 1.74. The summed E-state index contributed by atoms with van der Waals surface area (Å²) in [5, 5.41) is 2.98. The molecule has 0 bridgehead atoms. The van der Waals surface area contributed by atoms with E-state index in [2.05, 4.69) is 5.32 Å². The van der Waals surface area contributed by atoms with Crippen molar-refractivity contribution in [3.8, 4) is 0 Å². The van der Waals surface area contributed by atoms with Crippen molar-refractivity contribution < 1.29 is 9.21 Å². The molecule has 0 spiro atoms. The molecular weight excluding hydrogens is 178 g/mol. The van der Waals surface area contributed by atoms with Gasteiger partial charge >= 0.3 is 0 Å². The van der Waals surface area contributed by atoms with Gasteiger partial charge in [-0.15, -0.1) is 0 Å². The molecule has 0 radical (unpaired) electrons. The Bertz CT molecular complexity index is 301. The molecule has 3 heteroatoms. The van der Waals surface area contributed by atoms with Gasteiger partial charge in [-0.25, -0.2) is 0 Å². The smallest absolute Gasteiger partial charge is 0.223 e. The average Bonchev–Trinajstić information content (AvgIpc) is 2.87. The van der Waals surface area contributed by atoms with Crippen LogP contribution in [0.4, 0.5) is 0 Å². The molecule has 0 aromatic carbocycles. The second kappa shape index (κ2) is 3.86. The summed E-state index contributed by atoms with van der Waals surface area (Å²) in [4.78, 5) is 11.4. The molecule has 1 aromatic heterocycles. The van der Waals surface area contributed by atoms with Crippen molar-refractivity contribution in [1.82, 2.24) is 5.32 Å². The van der Waals surface area contributed by atoms with Crippen molar-refractivity contribution in [2.24, 2.45) is 5.92 Å². The normalized spacial score (nSPS) is 17.8. The highest BCUT2D eigenvalue weighted by Gasteiger charge is 2.30. The van der Waals surface area contributed by atoms with E-state index in [-0.39, 0.29) is 17.9 Å². The third-order valence-corrected chi connectivity index (χ3v) is 2.42. The molecule has 3 nitrogen and oxygen atoms in total. The SMILES string of the molecule is C[C@@H](Cc1ccco1)NC(=O)C1CC1. The number of rotatable bonds is 4. The summed E-state index contributed by atoms with van der Waals surface area (Å²) in [6, 6.07) is 3.96. The maximum absolute atomic E-state index is 11.4. The van der Waals surface area contributed by atoms with Crippen molar-refractivity contribution in [3.63, 3.8) is 0 Å². The highest BCUT2D eigenvalue weighted by Crippen LogP contribution is 2.28. The van der Waals surface area contributed by atoms with Gasteiger partial charge in [0.05, 0.1) is 6.26 Å². The molecule has 1 N–H and O–H groups in total. The van der Waals surface area contributed by atoms with Gasteiger partial charge in [-0.2, -0.15) is 0 Å². The maximum Gasteiger partial charge on any atom is 0.223 e. The van der Waals surface area contributed by atoms with Gasteiger partial charge in [0.25, 0.3) is 0 Å². The Labute approximate surface area is 83.5 Å². The van der Waals surface area contributed by atoms with Crippen molar-refractivity contribution in [1.29, 1.82) is 0 Å². The molecule has 76 valence electrons. The van der Waals surface area contributed by atoms with Crippen LogP contribution >= 0.6 is 0 Å². The zero-order valence-corrected chi connectivity index (χ0v) is 8.32. The molecule has 1 fully saturated rings. The van der Waals surface area contributed by atoms with E-state index in [0.29, 0.717) is 0 Å². The molecule has 1 heterocycles. The standard InChI is InChI=1S/C11H15NO2/c1-8(7-10-3-2-6-14-10)12-11(13)9-4-5-9/h2-3,6,8-9H,4-5,7H2,1H3,(H,12,13)/t8-/m0/s1. The summed E-state index contributed by atoms with van der Waals surface area (Å²) in [7, 11) is 0. The summed E-state index contributed by atoms with van der Waals surface area (Å²) >= 11 is 0. The van der Waals surface area contributed by atoms with E-state index in [1.807, 2.05) is 19.1 Å². The lowest BCUT2D eigenvalue weighted by Gasteiger charge is -2.11. The summed E-state index contributed by atoms with van der Waals surface area (Å²) < 4.78 is 5.21. The number of amides is 1. The van der Waals surface area contributed by atoms with Crippen LogP contribution in [0.2, 0.25) is 0 Å². The Hall–Kier alpha value is -1.25. The van der Waals surface area contributed by atoms with Crippen molar-refractivity contribution in [3.05, 3.63) is 24.2 Å². The van der Waals surface area contributed by atoms with E-state index in [0.717, 1.165) is 25.0 Å². The first kappa shape index (κ1) is 9.31. The first-order valence-corrected chi connectivity index (χ1v) is 5.08. The van der Waals surface area contributed by atoms with Gasteiger partial charge in [-0.1, -0.05) is 0 Å². The zero-order chi connectivity index (χ0) is 9.97. The van der Waals surface area contributed by atoms with Crippen LogP contribution < -0.4 is 5.32 Å². The lowest BCUT2D eigenvalue weighted by atomic mass is 10.2. The Balaban J connectivity index is 1.78. The Morgan fingerprint density at radius 2 is 2.50 bits per heavy atom. The fourth-order valence-corrected chi connectivity index (χ4v) is 1.49. The molecule has 1 atom stereocenters. The van der Waals surface area contributed by atoms with E-state index in [1.54, 1.807) is 6.26 Å². The van der Waals surface area contributed by atoms with Crippen molar-refractivity contribution in [2.75, 3.05) is 0 Å². The molecule has 14 heavy (non-hydrogen) atoms. The minimum Gasteiger partial charge on any atom is -0.469 e. The number of carbonyl (C=O) groups is 1. The van der Waals surface area contributed by atoms with E-state index >= 15 is 0 Å².